The SMILES string of the molecule is O=C(c1ccc(OC(F)F)c(OCC2CC2)c1)N(CI)c1c(Cl)cncc1Cl. The second-order valence-electron chi connectivity index (χ2n) is 6.10. The van der Waals surface area contributed by atoms with Gasteiger partial charge < -0.3 is 9.47 Å². The minimum absolute atomic E-state index is 0.0957. The lowest BCUT2D eigenvalue weighted by molar-refractivity contribution is -0.0515. The Labute approximate surface area is 184 Å². The Bertz CT molecular complexity index is 848. The zero-order valence-corrected chi connectivity index (χ0v) is 18.0. The molecule has 1 aromatic heterocycles. The van der Waals surface area contributed by atoms with E-state index < -0.39 is 12.5 Å². The van der Waals surface area contributed by atoms with Gasteiger partial charge in [0.25, 0.3) is 5.91 Å². The van der Waals surface area contributed by atoms with E-state index in [0.717, 1.165) is 12.8 Å². The monoisotopic (exact) mass is 542 g/mol. The first-order valence-electron chi connectivity index (χ1n) is 8.29. The van der Waals surface area contributed by atoms with Crippen molar-refractivity contribution in [2.24, 2.45) is 5.92 Å². The molecule has 0 atom stereocenters. The molecule has 1 fully saturated rings. The van der Waals surface area contributed by atoms with Crippen molar-refractivity contribution in [3.05, 3.63) is 46.2 Å². The van der Waals surface area contributed by atoms with Crippen LogP contribution >= 0.6 is 45.8 Å². The first kappa shape index (κ1) is 21.3. The molecule has 1 amide bonds. The van der Waals surface area contributed by atoms with E-state index in [0.29, 0.717) is 18.2 Å². The highest BCUT2D eigenvalue weighted by Crippen LogP contribution is 2.37. The standard InChI is InChI=1S/C18H15Cl2F2IN2O3/c19-12-6-24-7-13(20)16(12)25(9-23)17(26)11-3-4-14(28-18(21)22)15(5-11)27-8-10-1-2-10/h3-7,10,18H,1-2,8-9H2. The van der Waals surface area contributed by atoms with Crippen LogP contribution < -0.4 is 14.4 Å². The summed E-state index contributed by atoms with van der Waals surface area (Å²) in [5.41, 5.74) is 0.555. The van der Waals surface area contributed by atoms with Gasteiger partial charge in [-0.1, -0.05) is 45.8 Å². The topological polar surface area (TPSA) is 51.7 Å². The van der Waals surface area contributed by atoms with E-state index in [1.54, 1.807) is 0 Å². The number of hydrogen-bond acceptors (Lipinski definition) is 4. The third-order valence-electron chi connectivity index (χ3n) is 4.04. The fourth-order valence-electron chi connectivity index (χ4n) is 2.47. The summed E-state index contributed by atoms with van der Waals surface area (Å²) in [4.78, 5) is 18.3. The fourth-order valence-corrected chi connectivity index (χ4v) is 3.69. The van der Waals surface area contributed by atoms with Crippen LogP contribution in [0.25, 0.3) is 0 Å². The van der Waals surface area contributed by atoms with E-state index in [9.17, 15) is 13.6 Å². The number of amides is 1. The second kappa shape index (κ2) is 9.41. The summed E-state index contributed by atoms with van der Waals surface area (Å²) in [6.45, 7) is -2.61. The maximum Gasteiger partial charge on any atom is 0.387 e. The number of halogens is 5. The molecule has 5 nitrogen and oxygen atoms in total. The molecule has 1 heterocycles. The Morgan fingerprint density at radius 2 is 1.93 bits per heavy atom. The van der Waals surface area contributed by atoms with Crippen molar-refractivity contribution in [1.82, 2.24) is 4.98 Å². The van der Waals surface area contributed by atoms with E-state index in [-0.39, 0.29) is 31.7 Å². The van der Waals surface area contributed by atoms with Gasteiger partial charge in [-0.2, -0.15) is 8.78 Å². The molecule has 0 unspecified atom stereocenters. The van der Waals surface area contributed by atoms with E-state index in [1.807, 2.05) is 22.6 Å². The smallest absolute Gasteiger partial charge is 0.387 e. The summed E-state index contributed by atoms with van der Waals surface area (Å²) < 4.78 is 35.7. The molecule has 0 radical (unpaired) electrons. The average Bonchev–Trinajstić information content (AvgIpc) is 3.47. The number of alkyl halides is 3. The third-order valence-corrected chi connectivity index (χ3v) is 5.28. The molecule has 150 valence electrons. The number of carbonyl (C=O) groups excluding carboxylic acids is 1. The van der Waals surface area contributed by atoms with Crippen molar-refractivity contribution in [2.75, 3.05) is 16.1 Å². The summed E-state index contributed by atoms with van der Waals surface area (Å²) in [5.74, 6) is -0.0325. The molecule has 3 rings (SSSR count). The van der Waals surface area contributed by atoms with E-state index in [2.05, 4.69) is 9.72 Å². The van der Waals surface area contributed by atoms with E-state index >= 15 is 0 Å². The van der Waals surface area contributed by atoms with Crippen LogP contribution in [0.15, 0.2) is 30.6 Å². The summed E-state index contributed by atoms with van der Waals surface area (Å²) in [6, 6.07) is 4.08. The van der Waals surface area contributed by atoms with Crippen molar-refractivity contribution in [2.45, 2.75) is 19.5 Å². The van der Waals surface area contributed by atoms with Crippen LogP contribution in [0, 0.1) is 5.92 Å². The molecule has 10 heteroatoms. The van der Waals surface area contributed by atoms with Crippen molar-refractivity contribution in [1.29, 1.82) is 0 Å². The Hall–Kier alpha value is -1.39. The van der Waals surface area contributed by atoms with E-state index in [1.165, 1.54) is 35.5 Å². The highest BCUT2D eigenvalue weighted by Gasteiger charge is 2.25. The van der Waals surface area contributed by atoms with Crippen LogP contribution in [0.3, 0.4) is 0 Å². The predicted octanol–water partition coefficient (Wildman–Crippen LogP) is 5.82. The van der Waals surface area contributed by atoms with Gasteiger partial charge in [-0.05, 0) is 37.0 Å². The van der Waals surface area contributed by atoms with Gasteiger partial charge >= 0.3 is 6.61 Å². The van der Waals surface area contributed by atoms with Gasteiger partial charge in [-0.25, -0.2) is 0 Å². The van der Waals surface area contributed by atoms with Crippen LogP contribution in [0.2, 0.25) is 10.0 Å². The largest absolute Gasteiger partial charge is 0.489 e. The van der Waals surface area contributed by atoms with Crippen LogP contribution in [0.5, 0.6) is 11.5 Å². The normalized spacial score (nSPS) is 13.5. The molecule has 2 aromatic rings. The lowest BCUT2D eigenvalue weighted by Crippen LogP contribution is -2.30. The maximum absolute atomic E-state index is 13.1. The van der Waals surface area contributed by atoms with Gasteiger partial charge in [0.2, 0.25) is 0 Å². The van der Waals surface area contributed by atoms with Crippen molar-refractivity contribution in [3.8, 4) is 11.5 Å². The second-order valence-corrected chi connectivity index (χ2v) is 7.60. The zero-order chi connectivity index (χ0) is 20.3. The highest BCUT2D eigenvalue weighted by atomic mass is 127. The number of anilines is 1. The molecule has 28 heavy (non-hydrogen) atoms. The molecule has 1 saturated carbocycles. The summed E-state index contributed by atoms with van der Waals surface area (Å²) >= 11 is 14.3. The van der Waals surface area contributed by atoms with E-state index in [4.69, 9.17) is 27.9 Å². The number of carbonyl (C=O) groups is 1. The minimum atomic E-state index is -3.00. The molecular weight excluding hydrogens is 528 g/mol. The molecule has 0 N–H and O–H groups in total. The summed E-state index contributed by atoms with van der Waals surface area (Å²) in [5, 5.41) is 0.445. The number of ether oxygens (including phenoxy) is 2. The highest BCUT2D eigenvalue weighted by molar-refractivity contribution is 14.1. The quantitative estimate of drug-likeness (QED) is 0.240. The molecule has 1 aliphatic carbocycles. The maximum atomic E-state index is 13.1. The number of nitrogens with zero attached hydrogens (tertiary/aromatic N) is 2. The average molecular weight is 543 g/mol. The van der Waals surface area contributed by atoms with Gasteiger partial charge in [0.15, 0.2) is 11.5 Å². The number of benzene rings is 1. The molecule has 0 bridgehead atoms. The first-order valence-corrected chi connectivity index (χ1v) is 10.6. The zero-order valence-electron chi connectivity index (χ0n) is 14.4. The molecule has 1 aromatic carbocycles. The number of aromatic nitrogens is 1. The van der Waals surface area contributed by atoms with Gasteiger partial charge in [-0.3, -0.25) is 14.7 Å². The molecular formula is C18H15Cl2F2IN2O3. The van der Waals surface area contributed by atoms with Crippen molar-refractivity contribution in [3.63, 3.8) is 0 Å². The van der Waals surface area contributed by atoms with Crippen molar-refractivity contribution < 1.29 is 23.0 Å². The van der Waals surface area contributed by atoms with Gasteiger partial charge in [-0.15, -0.1) is 0 Å². The van der Waals surface area contributed by atoms with Crippen LogP contribution in [-0.2, 0) is 0 Å². The summed E-state index contributed by atoms with van der Waals surface area (Å²) in [7, 11) is 0. The molecule has 0 spiro atoms. The lowest BCUT2D eigenvalue weighted by atomic mass is 10.1. The summed E-state index contributed by atoms with van der Waals surface area (Å²) in [6.07, 6.45) is 4.84. The Kier molecular flexibility index (Phi) is 7.16. The number of hydrogen-bond donors (Lipinski definition) is 0. The fraction of sp³-hybridized carbons (Fsp3) is 0.333. The Balaban J connectivity index is 1.91. The predicted molar refractivity (Wildman–Crippen MR) is 111 cm³/mol. The molecule has 0 aliphatic heterocycles. The minimum Gasteiger partial charge on any atom is -0.489 e. The van der Waals surface area contributed by atoms with Crippen LogP contribution in [-0.4, -0.2) is 28.7 Å². The lowest BCUT2D eigenvalue weighted by Gasteiger charge is -2.23. The Morgan fingerprint density at radius 3 is 2.50 bits per heavy atom. The number of rotatable bonds is 8. The van der Waals surface area contributed by atoms with Crippen molar-refractivity contribution >= 4 is 57.4 Å². The van der Waals surface area contributed by atoms with Gasteiger partial charge in [0.1, 0.15) is 0 Å². The van der Waals surface area contributed by atoms with Gasteiger partial charge in [0.05, 0.1) is 26.9 Å². The molecule has 0 saturated heterocycles. The number of pyridine rings is 1. The van der Waals surface area contributed by atoms with Crippen LogP contribution in [0.4, 0.5) is 14.5 Å². The van der Waals surface area contributed by atoms with Gasteiger partial charge in [0, 0.05) is 18.0 Å². The Morgan fingerprint density at radius 1 is 1.25 bits per heavy atom. The third kappa shape index (κ3) is 5.15. The molecule has 1 aliphatic rings. The van der Waals surface area contributed by atoms with Crippen LogP contribution in [0.1, 0.15) is 23.2 Å². The first-order chi connectivity index (χ1) is 13.4.